The molecule has 1 heterocycles. The molecule has 0 spiro atoms. The van der Waals surface area contributed by atoms with Crippen molar-refractivity contribution in [3.05, 3.63) is 41.7 Å². The van der Waals surface area contributed by atoms with Crippen LogP contribution in [-0.4, -0.2) is 17.1 Å². The Morgan fingerprint density at radius 3 is 2.67 bits per heavy atom. The highest BCUT2D eigenvalue weighted by atomic mass is 16.5. The van der Waals surface area contributed by atoms with E-state index in [-0.39, 0.29) is 12.1 Å². The van der Waals surface area contributed by atoms with Gasteiger partial charge in [-0.05, 0) is 103 Å². The Kier molecular flexibility index (Phi) is 7.40. The number of pyridine rings is 1. The minimum absolute atomic E-state index is 0.00462. The van der Waals surface area contributed by atoms with Gasteiger partial charge in [0.25, 0.3) is 0 Å². The van der Waals surface area contributed by atoms with Crippen LogP contribution in [0.5, 0.6) is 0 Å². The molecule has 0 N–H and O–H groups in total. The van der Waals surface area contributed by atoms with Crippen LogP contribution in [0.15, 0.2) is 36.2 Å². The number of esters is 1. The molecule has 1 aromatic heterocycles. The number of rotatable bonds is 7. The van der Waals surface area contributed by atoms with Gasteiger partial charge in [-0.25, -0.2) is 4.79 Å². The van der Waals surface area contributed by atoms with E-state index in [2.05, 4.69) is 45.7 Å². The lowest BCUT2D eigenvalue weighted by atomic mass is 9.47. The number of carbonyl (C=O) groups is 1. The van der Waals surface area contributed by atoms with Gasteiger partial charge in [0.05, 0.1) is 5.56 Å². The van der Waals surface area contributed by atoms with Gasteiger partial charge in [0.2, 0.25) is 0 Å². The summed E-state index contributed by atoms with van der Waals surface area (Å²) in [5, 5.41) is 0. The molecule has 4 aliphatic carbocycles. The summed E-state index contributed by atoms with van der Waals surface area (Å²) >= 11 is 0. The normalized spacial score (nSPS) is 38.5. The number of hydrogen-bond donors (Lipinski definition) is 0. The third-order valence-corrected chi connectivity index (χ3v) is 11.4. The van der Waals surface area contributed by atoms with Crippen molar-refractivity contribution in [1.82, 2.24) is 4.98 Å². The first-order valence-electron chi connectivity index (χ1n) is 15.0. The van der Waals surface area contributed by atoms with Gasteiger partial charge < -0.3 is 4.74 Å². The van der Waals surface area contributed by atoms with Gasteiger partial charge in [0, 0.05) is 18.8 Å². The summed E-state index contributed by atoms with van der Waals surface area (Å²) in [6, 6.07) is 3.60. The number of ether oxygens (including phenoxy) is 1. The molecular formula is C33H49NO2. The molecule has 1 aromatic rings. The number of carbonyl (C=O) groups excluding carboxylic acids is 1. The summed E-state index contributed by atoms with van der Waals surface area (Å²) in [4.78, 5) is 16.7. The van der Waals surface area contributed by atoms with Crippen molar-refractivity contribution in [2.45, 2.75) is 111 Å². The maximum atomic E-state index is 12.6. The fourth-order valence-electron chi connectivity index (χ4n) is 9.46. The van der Waals surface area contributed by atoms with Crippen molar-refractivity contribution in [1.29, 1.82) is 0 Å². The van der Waals surface area contributed by atoms with Crippen molar-refractivity contribution in [2.24, 2.45) is 46.3 Å². The number of fused-ring (bicyclic) bond motifs is 5. The lowest BCUT2D eigenvalue weighted by Crippen LogP contribution is -2.51. The van der Waals surface area contributed by atoms with E-state index >= 15 is 0 Å². The Labute approximate surface area is 219 Å². The van der Waals surface area contributed by atoms with E-state index < -0.39 is 0 Å². The predicted octanol–water partition coefficient (Wildman–Crippen LogP) is 8.65. The molecule has 4 aliphatic rings. The highest BCUT2D eigenvalue weighted by Crippen LogP contribution is 2.67. The average Bonchev–Trinajstić information content (AvgIpc) is 3.22. The number of hydrogen-bond acceptors (Lipinski definition) is 3. The zero-order chi connectivity index (χ0) is 25.5. The molecule has 8 atom stereocenters. The monoisotopic (exact) mass is 491 g/mol. The molecule has 0 aliphatic heterocycles. The molecule has 3 fully saturated rings. The van der Waals surface area contributed by atoms with Crippen LogP contribution in [0, 0.1) is 46.3 Å². The van der Waals surface area contributed by atoms with Gasteiger partial charge in [-0.1, -0.05) is 65.5 Å². The van der Waals surface area contributed by atoms with Crippen LogP contribution in [0.1, 0.15) is 116 Å². The fraction of sp³-hybridized carbons (Fsp3) is 0.758. The first-order chi connectivity index (χ1) is 17.2. The van der Waals surface area contributed by atoms with Crippen LogP contribution in [0.3, 0.4) is 0 Å². The van der Waals surface area contributed by atoms with Crippen molar-refractivity contribution >= 4 is 5.97 Å². The lowest BCUT2D eigenvalue weighted by Gasteiger charge is -2.58. The molecule has 3 saturated carbocycles. The van der Waals surface area contributed by atoms with Crippen LogP contribution < -0.4 is 0 Å². The van der Waals surface area contributed by atoms with Gasteiger partial charge in [-0.2, -0.15) is 0 Å². The Bertz CT molecular complexity index is 954. The molecule has 0 aromatic carbocycles. The molecule has 0 amide bonds. The largest absolute Gasteiger partial charge is 0.458 e. The van der Waals surface area contributed by atoms with E-state index in [0.29, 0.717) is 16.4 Å². The Balaban J connectivity index is 1.25. The van der Waals surface area contributed by atoms with Crippen molar-refractivity contribution < 1.29 is 9.53 Å². The summed E-state index contributed by atoms with van der Waals surface area (Å²) in [6.07, 6.45) is 20.1. The summed E-state index contributed by atoms with van der Waals surface area (Å²) in [6.45, 7) is 12.5. The first-order valence-corrected chi connectivity index (χ1v) is 15.0. The number of allylic oxidation sites excluding steroid dienone is 1. The van der Waals surface area contributed by atoms with Crippen LogP contribution in [-0.2, 0) is 4.74 Å². The SMILES string of the molecule is CC(C)CCC[C@H](C)[C@@H]1CC[C@@H]2[C@H]3CC=C4C[C@@H](OC(=O)c5cccnc5)CC[C@]4(C)[C@@H]3CC[C@]21C. The second kappa shape index (κ2) is 10.3. The zero-order valence-corrected chi connectivity index (χ0v) is 23.5. The molecule has 3 heteroatoms. The number of aromatic nitrogens is 1. The van der Waals surface area contributed by atoms with E-state index in [4.69, 9.17) is 4.74 Å². The minimum atomic E-state index is -0.223. The second-order valence-electron chi connectivity index (χ2n) is 13.8. The van der Waals surface area contributed by atoms with E-state index in [1.165, 1.54) is 51.4 Å². The van der Waals surface area contributed by atoms with E-state index in [9.17, 15) is 4.79 Å². The molecule has 3 nitrogen and oxygen atoms in total. The molecule has 36 heavy (non-hydrogen) atoms. The smallest absolute Gasteiger partial charge is 0.339 e. The van der Waals surface area contributed by atoms with Crippen LogP contribution in [0.2, 0.25) is 0 Å². The third kappa shape index (κ3) is 4.69. The van der Waals surface area contributed by atoms with Gasteiger partial charge in [0.1, 0.15) is 6.10 Å². The maximum absolute atomic E-state index is 12.6. The summed E-state index contributed by atoms with van der Waals surface area (Å²) in [5.74, 6) is 4.93. The summed E-state index contributed by atoms with van der Waals surface area (Å²) < 4.78 is 5.96. The molecule has 5 rings (SSSR count). The van der Waals surface area contributed by atoms with Crippen molar-refractivity contribution in [3.8, 4) is 0 Å². The standard InChI is InChI=1S/C33H49NO2/c1-22(2)8-6-9-23(3)28-13-14-29-27-12-11-25-20-26(36-31(35)24-10-7-19-34-21-24)15-17-32(25,4)30(27)16-18-33(28,29)5/h7,10-11,19,21-23,26-30H,6,8-9,12-18,20H2,1-5H3/t23-,26-,27+,28-,29+,30+,32-,33-/m0/s1. The minimum Gasteiger partial charge on any atom is -0.458 e. The Morgan fingerprint density at radius 1 is 1.08 bits per heavy atom. The second-order valence-corrected chi connectivity index (χ2v) is 13.8. The van der Waals surface area contributed by atoms with Crippen molar-refractivity contribution in [2.75, 3.05) is 0 Å². The Hall–Kier alpha value is -1.64. The van der Waals surface area contributed by atoms with E-state index in [1.54, 1.807) is 30.1 Å². The highest BCUT2D eigenvalue weighted by molar-refractivity contribution is 5.89. The maximum Gasteiger partial charge on any atom is 0.339 e. The van der Waals surface area contributed by atoms with Crippen molar-refractivity contribution in [3.63, 3.8) is 0 Å². The predicted molar refractivity (Wildman–Crippen MR) is 146 cm³/mol. The van der Waals surface area contributed by atoms with Gasteiger partial charge >= 0.3 is 5.97 Å². The molecule has 0 radical (unpaired) electrons. The summed E-state index contributed by atoms with van der Waals surface area (Å²) in [5.41, 5.74) is 2.97. The third-order valence-electron chi connectivity index (χ3n) is 11.4. The van der Waals surface area contributed by atoms with Crippen LogP contribution in [0.4, 0.5) is 0 Å². The lowest BCUT2D eigenvalue weighted by molar-refractivity contribution is -0.0594. The van der Waals surface area contributed by atoms with Crippen LogP contribution >= 0.6 is 0 Å². The van der Waals surface area contributed by atoms with Crippen LogP contribution in [0.25, 0.3) is 0 Å². The first kappa shape index (κ1) is 26.0. The number of nitrogens with zero attached hydrogens (tertiary/aromatic N) is 1. The molecule has 0 unspecified atom stereocenters. The zero-order valence-electron chi connectivity index (χ0n) is 23.5. The van der Waals surface area contributed by atoms with E-state index in [1.807, 2.05) is 0 Å². The highest BCUT2D eigenvalue weighted by Gasteiger charge is 2.59. The topological polar surface area (TPSA) is 39.2 Å². The quantitative estimate of drug-likeness (QED) is 0.283. The molecular weight excluding hydrogens is 442 g/mol. The summed E-state index contributed by atoms with van der Waals surface area (Å²) in [7, 11) is 0. The Morgan fingerprint density at radius 2 is 1.92 bits per heavy atom. The molecule has 0 bridgehead atoms. The van der Waals surface area contributed by atoms with E-state index in [0.717, 1.165) is 54.8 Å². The van der Waals surface area contributed by atoms with Gasteiger partial charge in [-0.15, -0.1) is 0 Å². The fourth-order valence-corrected chi connectivity index (χ4v) is 9.46. The van der Waals surface area contributed by atoms with Gasteiger partial charge in [-0.3, -0.25) is 4.98 Å². The molecule has 198 valence electrons. The molecule has 0 saturated heterocycles. The average molecular weight is 492 g/mol. The van der Waals surface area contributed by atoms with Gasteiger partial charge in [0.15, 0.2) is 0 Å².